The molecule has 1 atom stereocenters. The molecule has 0 spiro atoms. The van der Waals surface area contributed by atoms with E-state index in [1.165, 1.54) is 5.06 Å². The summed E-state index contributed by atoms with van der Waals surface area (Å²) in [6.45, 7) is 2.81. The monoisotopic (exact) mass is 171 g/mol. The van der Waals surface area contributed by atoms with Gasteiger partial charge in [-0.25, -0.2) is 5.06 Å². The lowest BCUT2D eigenvalue weighted by atomic mass is 10.0. The van der Waals surface area contributed by atoms with E-state index < -0.39 is 0 Å². The molecule has 1 aliphatic heterocycles. The highest BCUT2D eigenvalue weighted by molar-refractivity contribution is 5.77. The van der Waals surface area contributed by atoms with Crippen LogP contribution >= 0.6 is 0 Å². The van der Waals surface area contributed by atoms with Crippen molar-refractivity contribution in [1.29, 1.82) is 0 Å². The summed E-state index contributed by atoms with van der Waals surface area (Å²) in [6, 6.07) is 0. The maximum absolute atomic E-state index is 11.6. The van der Waals surface area contributed by atoms with Crippen LogP contribution in [0, 0.1) is 5.92 Å². The van der Waals surface area contributed by atoms with Crippen molar-refractivity contribution in [2.45, 2.75) is 32.6 Å². The summed E-state index contributed by atoms with van der Waals surface area (Å²) in [5.74, 6) is 0.352. The lowest BCUT2D eigenvalue weighted by molar-refractivity contribution is -0.179. The SMILES string of the molecule is CCC1CCCCN(OC)C1=O. The van der Waals surface area contributed by atoms with E-state index >= 15 is 0 Å². The normalized spacial score (nSPS) is 25.7. The van der Waals surface area contributed by atoms with E-state index in [1.54, 1.807) is 7.11 Å². The number of nitrogens with zero attached hydrogens (tertiary/aromatic N) is 1. The number of rotatable bonds is 2. The molecule has 0 aliphatic carbocycles. The van der Waals surface area contributed by atoms with Crippen LogP contribution < -0.4 is 0 Å². The van der Waals surface area contributed by atoms with Crippen molar-refractivity contribution in [3.05, 3.63) is 0 Å². The number of hydroxylamine groups is 2. The summed E-state index contributed by atoms with van der Waals surface area (Å²) in [6.07, 6.45) is 4.16. The van der Waals surface area contributed by atoms with Gasteiger partial charge in [-0.15, -0.1) is 0 Å². The smallest absolute Gasteiger partial charge is 0.249 e. The highest BCUT2D eigenvalue weighted by Crippen LogP contribution is 2.20. The van der Waals surface area contributed by atoms with Gasteiger partial charge < -0.3 is 0 Å². The fourth-order valence-corrected chi connectivity index (χ4v) is 1.64. The highest BCUT2D eigenvalue weighted by atomic mass is 16.7. The Morgan fingerprint density at radius 1 is 1.58 bits per heavy atom. The van der Waals surface area contributed by atoms with Gasteiger partial charge in [0, 0.05) is 12.5 Å². The van der Waals surface area contributed by atoms with Crippen molar-refractivity contribution in [3.8, 4) is 0 Å². The molecule has 70 valence electrons. The topological polar surface area (TPSA) is 29.5 Å². The molecule has 3 heteroatoms. The molecule has 0 N–H and O–H groups in total. The summed E-state index contributed by atoms with van der Waals surface area (Å²) >= 11 is 0. The molecule has 1 saturated heterocycles. The van der Waals surface area contributed by atoms with Crippen molar-refractivity contribution >= 4 is 5.91 Å². The second-order valence-electron chi connectivity index (χ2n) is 3.22. The number of hydrogen-bond acceptors (Lipinski definition) is 2. The largest absolute Gasteiger partial charge is 0.274 e. The van der Waals surface area contributed by atoms with Gasteiger partial charge in [-0.05, 0) is 19.3 Å². The summed E-state index contributed by atoms with van der Waals surface area (Å²) < 4.78 is 0. The summed E-state index contributed by atoms with van der Waals surface area (Å²) in [5.41, 5.74) is 0. The van der Waals surface area contributed by atoms with Gasteiger partial charge in [0.25, 0.3) is 0 Å². The molecule has 3 nitrogen and oxygen atoms in total. The molecule has 12 heavy (non-hydrogen) atoms. The Morgan fingerprint density at radius 2 is 2.33 bits per heavy atom. The van der Waals surface area contributed by atoms with Crippen LogP contribution in [0.5, 0.6) is 0 Å². The molecule has 1 unspecified atom stereocenters. The average molecular weight is 171 g/mol. The molecular formula is C9H17NO2. The lowest BCUT2D eigenvalue weighted by Gasteiger charge is -2.20. The second-order valence-corrected chi connectivity index (χ2v) is 3.22. The van der Waals surface area contributed by atoms with E-state index in [0.29, 0.717) is 0 Å². The van der Waals surface area contributed by atoms with Gasteiger partial charge >= 0.3 is 0 Å². The Bertz CT molecular complexity index is 143. The Labute approximate surface area is 73.6 Å². The van der Waals surface area contributed by atoms with Crippen LogP contribution in [0.4, 0.5) is 0 Å². The van der Waals surface area contributed by atoms with E-state index in [0.717, 1.165) is 32.2 Å². The predicted octanol–water partition coefficient (Wildman–Crippen LogP) is 1.59. The van der Waals surface area contributed by atoms with E-state index in [-0.39, 0.29) is 11.8 Å². The summed E-state index contributed by atoms with van der Waals surface area (Å²) in [5, 5.41) is 1.50. The van der Waals surface area contributed by atoms with Crippen LogP contribution in [-0.2, 0) is 9.63 Å². The highest BCUT2D eigenvalue weighted by Gasteiger charge is 2.25. The minimum absolute atomic E-state index is 0.164. The van der Waals surface area contributed by atoms with Gasteiger partial charge in [-0.2, -0.15) is 0 Å². The van der Waals surface area contributed by atoms with Gasteiger partial charge in [-0.3, -0.25) is 9.63 Å². The Morgan fingerprint density at radius 3 is 2.92 bits per heavy atom. The Kier molecular flexibility index (Phi) is 3.53. The fourth-order valence-electron chi connectivity index (χ4n) is 1.64. The first-order valence-corrected chi connectivity index (χ1v) is 4.65. The number of amides is 1. The van der Waals surface area contributed by atoms with Gasteiger partial charge in [0.15, 0.2) is 0 Å². The van der Waals surface area contributed by atoms with Crippen LogP contribution in [0.3, 0.4) is 0 Å². The zero-order chi connectivity index (χ0) is 8.97. The van der Waals surface area contributed by atoms with Gasteiger partial charge in [0.05, 0.1) is 7.11 Å². The van der Waals surface area contributed by atoms with Gasteiger partial charge in [0.2, 0.25) is 5.91 Å². The zero-order valence-electron chi connectivity index (χ0n) is 7.88. The molecular weight excluding hydrogens is 154 g/mol. The van der Waals surface area contributed by atoms with Gasteiger partial charge in [0.1, 0.15) is 0 Å². The Hall–Kier alpha value is -0.570. The first-order chi connectivity index (χ1) is 5.79. The minimum Gasteiger partial charge on any atom is -0.274 e. The molecule has 1 fully saturated rings. The fraction of sp³-hybridized carbons (Fsp3) is 0.889. The molecule has 0 saturated carbocycles. The van der Waals surface area contributed by atoms with E-state index in [1.807, 2.05) is 0 Å². The molecule has 0 radical (unpaired) electrons. The molecule has 1 rings (SSSR count). The van der Waals surface area contributed by atoms with E-state index in [2.05, 4.69) is 6.92 Å². The molecule has 1 heterocycles. The molecule has 0 aromatic rings. The van der Waals surface area contributed by atoms with Crippen LogP contribution in [-0.4, -0.2) is 24.6 Å². The lowest BCUT2D eigenvalue weighted by Crippen LogP contribution is -2.33. The van der Waals surface area contributed by atoms with Crippen molar-refractivity contribution in [2.75, 3.05) is 13.7 Å². The van der Waals surface area contributed by atoms with Crippen molar-refractivity contribution in [2.24, 2.45) is 5.92 Å². The Balaban J connectivity index is 2.59. The second kappa shape index (κ2) is 4.45. The molecule has 1 amide bonds. The first-order valence-electron chi connectivity index (χ1n) is 4.65. The van der Waals surface area contributed by atoms with E-state index in [9.17, 15) is 4.79 Å². The molecule has 0 aromatic carbocycles. The summed E-state index contributed by atoms with van der Waals surface area (Å²) in [7, 11) is 1.57. The van der Waals surface area contributed by atoms with Crippen molar-refractivity contribution in [1.82, 2.24) is 5.06 Å². The van der Waals surface area contributed by atoms with Crippen LogP contribution in [0.2, 0.25) is 0 Å². The van der Waals surface area contributed by atoms with Crippen LogP contribution in [0.25, 0.3) is 0 Å². The number of hydrogen-bond donors (Lipinski definition) is 0. The number of carbonyl (C=O) groups is 1. The maximum Gasteiger partial charge on any atom is 0.249 e. The molecule has 0 aromatic heterocycles. The third kappa shape index (κ3) is 1.97. The quantitative estimate of drug-likeness (QED) is 0.631. The van der Waals surface area contributed by atoms with Crippen LogP contribution in [0.15, 0.2) is 0 Å². The molecule has 0 bridgehead atoms. The van der Waals surface area contributed by atoms with Gasteiger partial charge in [-0.1, -0.05) is 13.3 Å². The maximum atomic E-state index is 11.6. The third-order valence-electron chi connectivity index (χ3n) is 2.47. The van der Waals surface area contributed by atoms with Crippen LogP contribution in [0.1, 0.15) is 32.6 Å². The first kappa shape index (κ1) is 9.52. The van der Waals surface area contributed by atoms with E-state index in [4.69, 9.17) is 4.84 Å². The third-order valence-corrected chi connectivity index (χ3v) is 2.47. The number of carbonyl (C=O) groups excluding carboxylic acids is 1. The zero-order valence-corrected chi connectivity index (χ0v) is 7.88. The standard InChI is InChI=1S/C9H17NO2/c1-3-8-6-4-5-7-10(12-2)9(8)11/h8H,3-7H2,1-2H3. The average Bonchev–Trinajstić information content (AvgIpc) is 2.27. The van der Waals surface area contributed by atoms with Crippen molar-refractivity contribution in [3.63, 3.8) is 0 Å². The molecule has 1 aliphatic rings. The summed E-state index contributed by atoms with van der Waals surface area (Å²) in [4.78, 5) is 16.6. The predicted molar refractivity (Wildman–Crippen MR) is 46.4 cm³/mol. The van der Waals surface area contributed by atoms with Crippen molar-refractivity contribution < 1.29 is 9.63 Å². The minimum atomic E-state index is 0.164.